The number of pyridine rings is 1. The second-order valence-corrected chi connectivity index (χ2v) is 5.57. The average molecular weight is 304 g/mol. The molecule has 0 aromatic carbocycles. The maximum Gasteiger partial charge on any atom is 0.254 e. The van der Waals surface area contributed by atoms with Crippen molar-refractivity contribution in [2.45, 2.75) is 30.8 Å². The lowest BCUT2D eigenvalue weighted by Gasteiger charge is -2.18. The quantitative estimate of drug-likeness (QED) is 0.834. The first-order valence-corrected chi connectivity index (χ1v) is 8.17. The van der Waals surface area contributed by atoms with Gasteiger partial charge < -0.3 is 9.88 Å². The fourth-order valence-electron chi connectivity index (χ4n) is 2.23. The van der Waals surface area contributed by atoms with E-state index < -0.39 is 0 Å². The highest BCUT2D eigenvalue weighted by molar-refractivity contribution is 7.98. The van der Waals surface area contributed by atoms with E-state index in [0.717, 1.165) is 23.7 Å². The summed E-state index contributed by atoms with van der Waals surface area (Å²) in [5.74, 6) is 0.772. The number of imidazole rings is 1. The Labute approximate surface area is 129 Å². The third-order valence-corrected chi connectivity index (χ3v) is 3.97. The number of aryl methyl sites for hydroxylation is 1. The number of nitrogens with one attached hydrogen (secondary N) is 1. The summed E-state index contributed by atoms with van der Waals surface area (Å²) in [6.45, 7) is 2.10. The summed E-state index contributed by atoms with van der Waals surface area (Å²) in [6, 6.07) is 3.50. The van der Waals surface area contributed by atoms with Crippen LogP contribution in [0.5, 0.6) is 0 Å². The zero-order valence-corrected chi connectivity index (χ0v) is 13.4. The van der Waals surface area contributed by atoms with Crippen LogP contribution in [-0.2, 0) is 7.05 Å². The third-order valence-electron chi connectivity index (χ3n) is 3.26. The van der Waals surface area contributed by atoms with Gasteiger partial charge in [-0.15, -0.1) is 11.8 Å². The second-order valence-electron chi connectivity index (χ2n) is 4.77. The van der Waals surface area contributed by atoms with Gasteiger partial charge in [0.25, 0.3) is 5.91 Å². The normalized spacial score (nSPS) is 12.1. The lowest BCUT2D eigenvalue weighted by Crippen LogP contribution is -2.30. The van der Waals surface area contributed by atoms with Crippen LogP contribution in [0.4, 0.5) is 0 Å². The highest BCUT2D eigenvalue weighted by atomic mass is 32.2. The van der Waals surface area contributed by atoms with Crippen LogP contribution in [0.25, 0.3) is 0 Å². The molecule has 2 heterocycles. The topological polar surface area (TPSA) is 59.8 Å². The molecular formula is C15H20N4OS. The van der Waals surface area contributed by atoms with Crippen LogP contribution in [0.15, 0.2) is 35.7 Å². The van der Waals surface area contributed by atoms with Crippen molar-refractivity contribution < 1.29 is 4.79 Å². The van der Waals surface area contributed by atoms with E-state index >= 15 is 0 Å². The minimum atomic E-state index is -0.103. The van der Waals surface area contributed by atoms with E-state index in [4.69, 9.17) is 0 Å². The molecule has 1 N–H and O–H groups in total. The first-order valence-electron chi connectivity index (χ1n) is 6.94. The highest BCUT2D eigenvalue weighted by Crippen LogP contribution is 2.20. The van der Waals surface area contributed by atoms with Crippen LogP contribution in [-0.4, -0.2) is 26.7 Å². The number of aromatic nitrogens is 3. The van der Waals surface area contributed by atoms with Crippen LogP contribution < -0.4 is 5.32 Å². The lowest BCUT2D eigenvalue weighted by atomic mass is 10.1. The zero-order valence-electron chi connectivity index (χ0n) is 12.5. The van der Waals surface area contributed by atoms with Gasteiger partial charge in [0, 0.05) is 25.6 Å². The number of hydrogen-bond donors (Lipinski definition) is 1. The molecule has 1 unspecified atom stereocenters. The van der Waals surface area contributed by atoms with Gasteiger partial charge in [0.15, 0.2) is 0 Å². The molecule has 0 saturated heterocycles. The fourth-order valence-corrected chi connectivity index (χ4v) is 2.78. The number of thioether (sulfide) groups is 1. The fraction of sp³-hybridized carbons (Fsp3) is 0.400. The molecule has 0 saturated carbocycles. The summed E-state index contributed by atoms with van der Waals surface area (Å²) < 4.78 is 1.94. The molecule has 112 valence electrons. The molecule has 0 bridgehead atoms. The molecule has 21 heavy (non-hydrogen) atoms. The van der Waals surface area contributed by atoms with E-state index in [1.54, 1.807) is 24.5 Å². The van der Waals surface area contributed by atoms with Crippen molar-refractivity contribution in [3.63, 3.8) is 0 Å². The number of nitrogens with zero attached hydrogens (tertiary/aromatic N) is 3. The average Bonchev–Trinajstić information content (AvgIpc) is 2.92. The third kappa shape index (κ3) is 3.64. The number of rotatable bonds is 6. The Balaban J connectivity index is 2.21. The standard InChI is InChI=1S/C15H20N4OS/c1-4-6-12(13-16-9-10-19(13)2)18-14(20)11-7-5-8-17-15(11)21-3/h5,7-10,12H,4,6H2,1-3H3,(H,18,20). The summed E-state index contributed by atoms with van der Waals surface area (Å²) in [4.78, 5) is 21.1. The molecule has 0 fully saturated rings. The first-order chi connectivity index (χ1) is 10.2. The van der Waals surface area contributed by atoms with Crippen LogP contribution >= 0.6 is 11.8 Å². The minimum absolute atomic E-state index is 0.0857. The van der Waals surface area contributed by atoms with E-state index in [2.05, 4.69) is 22.2 Å². The number of carbonyl (C=O) groups is 1. The molecule has 1 amide bonds. The van der Waals surface area contributed by atoms with Gasteiger partial charge in [0.05, 0.1) is 11.6 Å². The summed E-state index contributed by atoms with van der Waals surface area (Å²) >= 11 is 1.47. The van der Waals surface area contributed by atoms with Crippen molar-refractivity contribution in [3.8, 4) is 0 Å². The van der Waals surface area contributed by atoms with Crippen LogP contribution in [0.3, 0.4) is 0 Å². The number of amides is 1. The number of hydrogen-bond acceptors (Lipinski definition) is 4. The Bertz CT molecular complexity index is 611. The first kappa shape index (κ1) is 15.6. The number of carbonyl (C=O) groups excluding carboxylic acids is 1. The molecular weight excluding hydrogens is 284 g/mol. The molecule has 2 rings (SSSR count). The van der Waals surface area contributed by atoms with Crippen molar-refractivity contribution in [1.82, 2.24) is 19.9 Å². The zero-order chi connectivity index (χ0) is 15.2. The summed E-state index contributed by atoms with van der Waals surface area (Å²) in [6.07, 6.45) is 9.08. The Hall–Kier alpha value is -1.82. The Kier molecular flexibility index (Phi) is 5.38. The van der Waals surface area contributed by atoms with Crippen LogP contribution in [0.2, 0.25) is 0 Å². The summed E-state index contributed by atoms with van der Waals surface area (Å²) in [5.41, 5.74) is 0.611. The smallest absolute Gasteiger partial charge is 0.254 e. The van der Waals surface area contributed by atoms with E-state index in [0.29, 0.717) is 5.56 Å². The van der Waals surface area contributed by atoms with Gasteiger partial charge in [-0.25, -0.2) is 9.97 Å². The van der Waals surface area contributed by atoms with Crippen molar-refractivity contribution >= 4 is 17.7 Å². The molecule has 6 heteroatoms. The van der Waals surface area contributed by atoms with Crippen molar-refractivity contribution in [1.29, 1.82) is 0 Å². The van der Waals surface area contributed by atoms with Gasteiger partial charge in [-0.1, -0.05) is 13.3 Å². The SMILES string of the molecule is CCCC(NC(=O)c1cccnc1SC)c1nccn1C. The van der Waals surface area contributed by atoms with E-state index in [1.807, 2.05) is 24.1 Å². The highest BCUT2D eigenvalue weighted by Gasteiger charge is 2.20. The van der Waals surface area contributed by atoms with Crippen LogP contribution in [0.1, 0.15) is 42.0 Å². The molecule has 0 spiro atoms. The molecule has 2 aromatic heterocycles. The van der Waals surface area contributed by atoms with E-state index in [1.165, 1.54) is 11.8 Å². The van der Waals surface area contributed by atoms with Gasteiger partial charge in [-0.2, -0.15) is 0 Å². The largest absolute Gasteiger partial charge is 0.342 e. The monoisotopic (exact) mass is 304 g/mol. The van der Waals surface area contributed by atoms with Crippen molar-refractivity contribution in [2.24, 2.45) is 7.05 Å². The molecule has 0 aliphatic rings. The minimum Gasteiger partial charge on any atom is -0.342 e. The van der Waals surface area contributed by atoms with Gasteiger partial charge in [0.2, 0.25) is 0 Å². The van der Waals surface area contributed by atoms with Gasteiger partial charge in [-0.3, -0.25) is 4.79 Å². The molecule has 1 atom stereocenters. The summed E-state index contributed by atoms with van der Waals surface area (Å²) in [7, 11) is 1.94. The van der Waals surface area contributed by atoms with Gasteiger partial charge >= 0.3 is 0 Å². The Morgan fingerprint density at radius 3 is 2.86 bits per heavy atom. The van der Waals surface area contributed by atoms with E-state index in [-0.39, 0.29) is 11.9 Å². The summed E-state index contributed by atoms with van der Waals surface area (Å²) in [5, 5.41) is 3.82. The molecule has 0 aliphatic carbocycles. The van der Waals surface area contributed by atoms with Gasteiger partial charge in [0.1, 0.15) is 10.9 Å². The lowest BCUT2D eigenvalue weighted by molar-refractivity contribution is 0.0928. The maximum atomic E-state index is 12.5. The maximum absolute atomic E-state index is 12.5. The second kappa shape index (κ2) is 7.26. The van der Waals surface area contributed by atoms with E-state index in [9.17, 15) is 4.79 Å². The molecule has 0 radical (unpaired) electrons. The van der Waals surface area contributed by atoms with Gasteiger partial charge in [-0.05, 0) is 24.8 Å². The predicted molar refractivity (Wildman–Crippen MR) is 84.3 cm³/mol. The Morgan fingerprint density at radius 1 is 1.43 bits per heavy atom. The molecule has 2 aromatic rings. The predicted octanol–water partition coefficient (Wildman–Crippen LogP) is 2.81. The van der Waals surface area contributed by atoms with Crippen molar-refractivity contribution in [2.75, 3.05) is 6.26 Å². The van der Waals surface area contributed by atoms with Crippen molar-refractivity contribution in [3.05, 3.63) is 42.1 Å². The Morgan fingerprint density at radius 2 is 2.24 bits per heavy atom. The van der Waals surface area contributed by atoms with Crippen LogP contribution in [0, 0.1) is 0 Å². The molecule has 0 aliphatic heterocycles. The molecule has 5 nitrogen and oxygen atoms in total.